The fraction of sp³-hybridized carbons (Fsp3) is 0.538. The number of hydrogen-bond donors (Lipinski definition) is 1. The predicted octanol–water partition coefficient (Wildman–Crippen LogP) is 3.60. The van der Waals surface area contributed by atoms with E-state index in [4.69, 9.17) is 5.73 Å². The van der Waals surface area contributed by atoms with Crippen molar-refractivity contribution in [2.75, 3.05) is 0 Å². The zero-order valence-corrected chi connectivity index (χ0v) is 11.9. The average Bonchev–Trinajstić information content (AvgIpc) is 2.21. The molecule has 2 N–H and O–H groups in total. The van der Waals surface area contributed by atoms with Gasteiger partial charge >= 0.3 is 0 Å². The van der Waals surface area contributed by atoms with E-state index in [0.717, 1.165) is 12.8 Å². The average molecular weight is 317 g/mol. The van der Waals surface area contributed by atoms with Gasteiger partial charge in [-0.1, -0.05) is 32.9 Å². The van der Waals surface area contributed by atoms with Crippen LogP contribution in [0.3, 0.4) is 0 Å². The lowest BCUT2D eigenvalue weighted by Crippen LogP contribution is -2.46. The third-order valence-electron chi connectivity index (χ3n) is 3.25. The third-order valence-corrected chi connectivity index (χ3v) is 3.97. The van der Waals surface area contributed by atoms with Crippen molar-refractivity contribution in [3.05, 3.63) is 33.4 Å². The molecular formula is C13H20IN. The summed E-state index contributed by atoms with van der Waals surface area (Å²) in [6.45, 7) is 6.58. The Balaban J connectivity index is 2.79. The van der Waals surface area contributed by atoms with Crippen molar-refractivity contribution in [1.82, 2.24) is 0 Å². The lowest BCUT2D eigenvalue weighted by molar-refractivity contribution is 0.296. The minimum Gasteiger partial charge on any atom is -0.325 e. The highest BCUT2D eigenvalue weighted by Crippen LogP contribution is 2.23. The summed E-state index contributed by atoms with van der Waals surface area (Å²) in [4.78, 5) is 0. The van der Waals surface area contributed by atoms with E-state index >= 15 is 0 Å². The predicted molar refractivity (Wildman–Crippen MR) is 74.9 cm³/mol. The van der Waals surface area contributed by atoms with Crippen LogP contribution in [0, 0.1) is 9.49 Å². The van der Waals surface area contributed by atoms with E-state index in [1.165, 1.54) is 9.13 Å². The van der Waals surface area contributed by atoms with Crippen LogP contribution in [-0.4, -0.2) is 5.54 Å². The normalized spacial score (nSPS) is 15.3. The van der Waals surface area contributed by atoms with Gasteiger partial charge in [-0.2, -0.15) is 0 Å². The van der Waals surface area contributed by atoms with Crippen LogP contribution in [0.2, 0.25) is 0 Å². The van der Waals surface area contributed by atoms with Gasteiger partial charge in [-0.05, 0) is 59.0 Å². The Morgan fingerprint density at radius 1 is 1.27 bits per heavy atom. The molecule has 0 spiro atoms. The molecule has 15 heavy (non-hydrogen) atoms. The summed E-state index contributed by atoms with van der Waals surface area (Å²) in [5.74, 6) is 0.516. The van der Waals surface area contributed by atoms with Gasteiger partial charge in [0, 0.05) is 9.11 Å². The standard InChI is InChI=1S/C13H20IN/c1-4-13(15,10(2)3)9-11-5-7-12(14)8-6-11/h5-8,10H,4,9,15H2,1-3H3. The van der Waals surface area contributed by atoms with E-state index in [2.05, 4.69) is 67.6 Å². The van der Waals surface area contributed by atoms with Gasteiger partial charge in [0.05, 0.1) is 0 Å². The molecule has 0 heterocycles. The van der Waals surface area contributed by atoms with Crippen molar-refractivity contribution in [3.63, 3.8) is 0 Å². The molecule has 0 saturated heterocycles. The zero-order chi connectivity index (χ0) is 11.5. The van der Waals surface area contributed by atoms with E-state index in [0.29, 0.717) is 5.92 Å². The van der Waals surface area contributed by atoms with Crippen molar-refractivity contribution < 1.29 is 0 Å². The summed E-state index contributed by atoms with van der Waals surface area (Å²) in [6.07, 6.45) is 1.99. The molecular weight excluding hydrogens is 297 g/mol. The number of nitrogens with two attached hydrogens (primary N) is 1. The molecule has 1 aromatic rings. The molecule has 0 aliphatic heterocycles. The number of rotatable bonds is 4. The molecule has 0 saturated carbocycles. The number of benzene rings is 1. The lowest BCUT2D eigenvalue weighted by atomic mass is 9.80. The Labute approximate surface area is 107 Å². The monoisotopic (exact) mass is 317 g/mol. The summed E-state index contributed by atoms with van der Waals surface area (Å²) in [5, 5.41) is 0. The van der Waals surface area contributed by atoms with Gasteiger partial charge in [0.15, 0.2) is 0 Å². The van der Waals surface area contributed by atoms with E-state index in [1.807, 2.05) is 0 Å². The Hall–Kier alpha value is -0.0900. The quantitative estimate of drug-likeness (QED) is 0.844. The molecule has 84 valence electrons. The molecule has 0 fully saturated rings. The maximum absolute atomic E-state index is 6.41. The van der Waals surface area contributed by atoms with Crippen LogP contribution >= 0.6 is 22.6 Å². The molecule has 0 aliphatic rings. The second-order valence-electron chi connectivity index (χ2n) is 4.54. The van der Waals surface area contributed by atoms with Gasteiger partial charge in [-0.3, -0.25) is 0 Å². The second-order valence-corrected chi connectivity index (χ2v) is 5.79. The van der Waals surface area contributed by atoms with E-state index < -0.39 is 0 Å². The molecule has 0 aliphatic carbocycles. The van der Waals surface area contributed by atoms with Gasteiger partial charge in [0.25, 0.3) is 0 Å². The molecule has 1 nitrogen and oxygen atoms in total. The SMILES string of the molecule is CCC(N)(Cc1ccc(I)cc1)C(C)C. The molecule has 1 unspecified atom stereocenters. The van der Waals surface area contributed by atoms with Gasteiger partial charge in [0.1, 0.15) is 0 Å². The van der Waals surface area contributed by atoms with Crippen molar-refractivity contribution in [1.29, 1.82) is 0 Å². The topological polar surface area (TPSA) is 26.0 Å². The van der Waals surface area contributed by atoms with Crippen LogP contribution in [0.4, 0.5) is 0 Å². The van der Waals surface area contributed by atoms with Crippen LogP contribution < -0.4 is 5.73 Å². The van der Waals surface area contributed by atoms with E-state index in [9.17, 15) is 0 Å². The smallest absolute Gasteiger partial charge is 0.0215 e. The second kappa shape index (κ2) is 5.30. The van der Waals surface area contributed by atoms with E-state index in [1.54, 1.807) is 0 Å². The van der Waals surface area contributed by atoms with Gasteiger partial charge < -0.3 is 5.73 Å². The highest BCUT2D eigenvalue weighted by molar-refractivity contribution is 14.1. The third kappa shape index (κ3) is 3.45. The van der Waals surface area contributed by atoms with Crippen LogP contribution in [0.15, 0.2) is 24.3 Å². The summed E-state index contributed by atoms with van der Waals surface area (Å²) >= 11 is 2.33. The summed E-state index contributed by atoms with van der Waals surface area (Å²) in [7, 11) is 0. The first-order valence-corrected chi connectivity index (χ1v) is 6.59. The molecule has 0 bridgehead atoms. The van der Waals surface area contributed by atoms with Crippen LogP contribution in [0.5, 0.6) is 0 Å². The number of hydrogen-bond acceptors (Lipinski definition) is 1. The first-order valence-electron chi connectivity index (χ1n) is 5.51. The molecule has 1 aromatic carbocycles. The highest BCUT2D eigenvalue weighted by Gasteiger charge is 2.26. The summed E-state index contributed by atoms with van der Waals surface area (Å²) in [6, 6.07) is 8.65. The molecule has 1 atom stereocenters. The maximum Gasteiger partial charge on any atom is 0.0215 e. The Morgan fingerprint density at radius 2 is 1.80 bits per heavy atom. The molecule has 0 amide bonds. The van der Waals surface area contributed by atoms with Crippen LogP contribution in [0.1, 0.15) is 32.8 Å². The molecule has 0 radical (unpaired) electrons. The van der Waals surface area contributed by atoms with Crippen molar-refractivity contribution >= 4 is 22.6 Å². The highest BCUT2D eigenvalue weighted by atomic mass is 127. The van der Waals surface area contributed by atoms with Crippen LogP contribution in [0.25, 0.3) is 0 Å². The molecule has 1 rings (SSSR count). The van der Waals surface area contributed by atoms with E-state index in [-0.39, 0.29) is 5.54 Å². The van der Waals surface area contributed by atoms with Crippen LogP contribution in [-0.2, 0) is 6.42 Å². The molecule has 2 heteroatoms. The zero-order valence-electron chi connectivity index (χ0n) is 9.76. The molecule has 0 aromatic heterocycles. The Morgan fingerprint density at radius 3 is 2.20 bits per heavy atom. The minimum atomic E-state index is -0.0627. The Bertz CT molecular complexity index is 305. The largest absolute Gasteiger partial charge is 0.325 e. The maximum atomic E-state index is 6.41. The van der Waals surface area contributed by atoms with Gasteiger partial charge in [-0.25, -0.2) is 0 Å². The summed E-state index contributed by atoms with van der Waals surface area (Å²) in [5.41, 5.74) is 7.69. The first kappa shape index (κ1) is 13.0. The van der Waals surface area contributed by atoms with Gasteiger partial charge in [-0.15, -0.1) is 0 Å². The minimum absolute atomic E-state index is 0.0627. The fourth-order valence-electron chi connectivity index (χ4n) is 1.72. The van der Waals surface area contributed by atoms with Crippen molar-refractivity contribution in [2.24, 2.45) is 11.7 Å². The fourth-order valence-corrected chi connectivity index (χ4v) is 2.08. The lowest BCUT2D eigenvalue weighted by Gasteiger charge is -2.32. The van der Waals surface area contributed by atoms with Crippen molar-refractivity contribution in [2.45, 2.75) is 39.2 Å². The first-order chi connectivity index (χ1) is 6.98. The summed E-state index contributed by atoms with van der Waals surface area (Å²) < 4.78 is 1.28. The van der Waals surface area contributed by atoms with Crippen molar-refractivity contribution in [3.8, 4) is 0 Å². The number of halogens is 1. The Kier molecular flexibility index (Phi) is 4.59. The van der Waals surface area contributed by atoms with Gasteiger partial charge in [0.2, 0.25) is 0 Å².